The molecule has 4 rings (SSSR count). The van der Waals surface area contributed by atoms with Gasteiger partial charge in [-0.2, -0.15) is 0 Å². The van der Waals surface area contributed by atoms with Gasteiger partial charge in [-0.15, -0.1) is 0 Å². The Morgan fingerprint density at radius 3 is 2.68 bits per heavy atom. The van der Waals surface area contributed by atoms with E-state index in [-0.39, 0.29) is 11.0 Å². The van der Waals surface area contributed by atoms with Crippen LogP contribution in [-0.4, -0.2) is 23.1 Å². The number of thiocarbonyl (C=S) groups is 1. The molecule has 0 aliphatic heterocycles. The highest BCUT2D eigenvalue weighted by Gasteiger charge is 2.13. The number of ether oxygens (including phenoxy) is 1. The predicted molar refractivity (Wildman–Crippen MR) is 126 cm³/mol. The van der Waals surface area contributed by atoms with Crippen molar-refractivity contribution >= 4 is 40.0 Å². The first-order valence-corrected chi connectivity index (χ1v) is 10.1. The average molecular weight is 432 g/mol. The number of hydrogen-bond donors (Lipinski definition) is 2. The van der Waals surface area contributed by atoms with E-state index in [0.29, 0.717) is 28.3 Å². The summed E-state index contributed by atoms with van der Waals surface area (Å²) in [6, 6.07) is 18.6. The van der Waals surface area contributed by atoms with Crippen LogP contribution in [0.4, 0.5) is 5.69 Å². The summed E-state index contributed by atoms with van der Waals surface area (Å²) in [6.45, 7) is 3.89. The average Bonchev–Trinajstić information content (AvgIpc) is 3.18. The molecule has 1 heterocycles. The van der Waals surface area contributed by atoms with Gasteiger partial charge in [-0.05, 0) is 68.0 Å². The minimum absolute atomic E-state index is 0.217. The second kappa shape index (κ2) is 8.57. The summed E-state index contributed by atoms with van der Waals surface area (Å²) >= 11 is 5.35. The molecule has 0 fully saturated rings. The Labute approximate surface area is 185 Å². The molecule has 6 nitrogen and oxygen atoms in total. The van der Waals surface area contributed by atoms with Crippen molar-refractivity contribution in [2.75, 3.05) is 12.4 Å². The fraction of sp³-hybridized carbons (Fsp3) is 0.125. The Balaban J connectivity index is 1.54. The molecular weight excluding hydrogens is 410 g/mol. The normalized spacial score (nSPS) is 10.7. The zero-order valence-corrected chi connectivity index (χ0v) is 18.2. The molecule has 1 amide bonds. The number of rotatable bonds is 4. The maximum Gasteiger partial charge on any atom is 0.257 e. The largest absolute Gasteiger partial charge is 0.497 e. The molecular formula is C24H21N3O3S. The maximum absolute atomic E-state index is 12.4. The quantitative estimate of drug-likeness (QED) is 0.430. The van der Waals surface area contributed by atoms with Crippen LogP contribution in [0.25, 0.3) is 22.6 Å². The number of nitrogens with one attached hydrogen (secondary N) is 2. The summed E-state index contributed by atoms with van der Waals surface area (Å²) in [7, 11) is 1.61. The summed E-state index contributed by atoms with van der Waals surface area (Å²) in [4.78, 5) is 17.0. The van der Waals surface area contributed by atoms with E-state index in [2.05, 4.69) is 15.6 Å². The lowest BCUT2D eigenvalue weighted by Gasteiger charge is -2.13. The number of carbonyl (C=O) groups is 1. The number of aromatic nitrogens is 1. The Morgan fingerprint density at radius 1 is 1.06 bits per heavy atom. The lowest BCUT2D eigenvalue weighted by atomic mass is 10.1. The first kappa shape index (κ1) is 20.6. The number of benzene rings is 3. The zero-order valence-electron chi connectivity index (χ0n) is 17.4. The summed E-state index contributed by atoms with van der Waals surface area (Å²) in [5, 5.41) is 6.04. The van der Waals surface area contributed by atoms with E-state index in [1.807, 2.05) is 68.4 Å². The number of nitrogens with zero attached hydrogens (tertiary/aromatic N) is 1. The highest BCUT2D eigenvalue weighted by atomic mass is 32.1. The van der Waals surface area contributed by atoms with Crippen molar-refractivity contribution in [1.82, 2.24) is 10.3 Å². The van der Waals surface area contributed by atoms with Crippen LogP contribution in [0, 0.1) is 13.8 Å². The fourth-order valence-electron chi connectivity index (χ4n) is 3.16. The number of methoxy groups -OCH3 is 1. The van der Waals surface area contributed by atoms with E-state index < -0.39 is 0 Å². The number of aryl methyl sites for hydroxylation is 2. The second-order valence-corrected chi connectivity index (χ2v) is 7.57. The molecule has 0 spiro atoms. The summed E-state index contributed by atoms with van der Waals surface area (Å²) < 4.78 is 11.1. The van der Waals surface area contributed by atoms with Gasteiger partial charge < -0.3 is 14.5 Å². The molecule has 156 valence electrons. The Hall–Kier alpha value is -3.71. The van der Waals surface area contributed by atoms with E-state index in [1.165, 1.54) is 0 Å². The summed E-state index contributed by atoms with van der Waals surface area (Å²) in [5.74, 6) is 0.942. The van der Waals surface area contributed by atoms with Crippen molar-refractivity contribution in [1.29, 1.82) is 0 Å². The number of anilines is 1. The molecule has 0 saturated carbocycles. The molecule has 0 bridgehead atoms. The Bertz CT molecular complexity index is 1300. The molecule has 0 aliphatic carbocycles. The van der Waals surface area contributed by atoms with E-state index >= 15 is 0 Å². The lowest BCUT2D eigenvalue weighted by molar-refractivity contribution is 0.0977. The van der Waals surface area contributed by atoms with Crippen LogP contribution in [0.15, 0.2) is 65.1 Å². The van der Waals surface area contributed by atoms with Gasteiger partial charge in [0.05, 0.1) is 7.11 Å². The van der Waals surface area contributed by atoms with Crippen LogP contribution >= 0.6 is 12.2 Å². The molecule has 31 heavy (non-hydrogen) atoms. The first-order valence-electron chi connectivity index (χ1n) is 9.67. The summed E-state index contributed by atoms with van der Waals surface area (Å²) in [5.41, 5.74) is 5.45. The SMILES string of the molecule is COc1ccc2oc(-c3ccc(C)c(NC(=S)NC(=O)c4cccc(C)c4)c3)nc2c1. The number of carbonyl (C=O) groups excluding carboxylic acids is 1. The lowest BCUT2D eigenvalue weighted by Crippen LogP contribution is -2.34. The highest BCUT2D eigenvalue weighted by molar-refractivity contribution is 7.80. The Kier molecular flexibility index (Phi) is 5.68. The zero-order chi connectivity index (χ0) is 22.0. The maximum atomic E-state index is 12.4. The monoisotopic (exact) mass is 431 g/mol. The third-order valence-electron chi connectivity index (χ3n) is 4.83. The number of amides is 1. The fourth-order valence-corrected chi connectivity index (χ4v) is 3.37. The van der Waals surface area contributed by atoms with E-state index in [1.54, 1.807) is 13.2 Å². The number of oxazole rings is 1. The minimum Gasteiger partial charge on any atom is -0.497 e. The van der Waals surface area contributed by atoms with Gasteiger partial charge in [0.15, 0.2) is 10.7 Å². The second-order valence-electron chi connectivity index (χ2n) is 7.16. The van der Waals surface area contributed by atoms with Crippen molar-refractivity contribution in [3.8, 4) is 17.2 Å². The van der Waals surface area contributed by atoms with Crippen LogP contribution in [0.5, 0.6) is 5.75 Å². The highest BCUT2D eigenvalue weighted by Crippen LogP contribution is 2.29. The topological polar surface area (TPSA) is 76.4 Å². The van der Waals surface area contributed by atoms with Gasteiger partial charge in [0.1, 0.15) is 11.3 Å². The number of hydrogen-bond acceptors (Lipinski definition) is 5. The third-order valence-corrected chi connectivity index (χ3v) is 5.04. The van der Waals surface area contributed by atoms with Crippen LogP contribution in [0.2, 0.25) is 0 Å². The molecule has 0 unspecified atom stereocenters. The van der Waals surface area contributed by atoms with Crippen molar-refractivity contribution in [3.63, 3.8) is 0 Å². The number of fused-ring (bicyclic) bond motifs is 1. The third kappa shape index (κ3) is 4.57. The van der Waals surface area contributed by atoms with Crippen molar-refractivity contribution < 1.29 is 13.9 Å². The molecule has 3 aromatic carbocycles. The van der Waals surface area contributed by atoms with E-state index in [4.69, 9.17) is 21.4 Å². The van der Waals surface area contributed by atoms with Crippen LogP contribution in [-0.2, 0) is 0 Å². The van der Waals surface area contributed by atoms with Gasteiger partial charge in [-0.25, -0.2) is 4.98 Å². The molecule has 1 aromatic heterocycles. The molecule has 0 saturated heterocycles. The molecule has 0 radical (unpaired) electrons. The molecule has 7 heteroatoms. The standard InChI is InChI=1S/C24H21N3O3S/c1-14-5-4-6-16(11-14)22(28)27-24(31)26-19-12-17(8-7-15(19)2)23-25-20-13-18(29-3)9-10-21(20)30-23/h4-13H,1-3H3,(H2,26,27,28,31). The smallest absolute Gasteiger partial charge is 0.257 e. The van der Waals surface area contributed by atoms with Crippen LogP contribution < -0.4 is 15.4 Å². The Morgan fingerprint density at radius 2 is 1.90 bits per heavy atom. The van der Waals surface area contributed by atoms with Gasteiger partial charge in [-0.1, -0.05) is 23.8 Å². The van der Waals surface area contributed by atoms with Gasteiger partial charge in [0.2, 0.25) is 5.89 Å². The molecule has 4 aromatic rings. The van der Waals surface area contributed by atoms with Gasteiger partial charge in [0, 0.05) is 22.9 Å². The molecule has 0 atom stereocenters. The molecule has 2 N–H and O–H groups in total. The van der Waals surface area contributed by atoms with Crippen molar-refractivity contribution in [3.05, 3.63) is 77.4 Å². The first-order chi connectivity index (χ1) is 14.9. The van der Waals surface area contributed by atoms with Crippen molar-refractivity contribution in [2.24, 2.45) is 0 Å². The van der Waals surface area contributed by atoms with Gasteiger partial charge in [0.25, 0.3) is 5.91 Å². The molecule has 0 aliphatic rings. The van der Waals surface area contributed by atoms with Crippen LogP contribution in [0.1, 0.15) is 21.5 Å². The van der Waals surface area contributed by atoms with Gasteiger partial charge in [-0.3, -0.25) is 10.1 Å². The minimum atomic E-state index is -0.261. The van der Waals surface area contributed by atoms with E-state index in [0.717, 1.165) is 22.4 Å². The predicted octanol–water partition coefficient (Wildman–Crippen LogP) is 5.25. The van der Waals surface area contributed by atoms with E-state index in [9.17, 15) is 4.79 Å². The van der Waals surface area contributed by atoms with Crippen LogP contribution in [0.3, 0.4) is 0 Å². The summed E-state index contributed by atoms with van der Waals surface area (Å²) in [6.07, 6.45) is 0. The van der Waals surface area contributed by atoms with Crippen molar-refractivity contribution in [2.45, 2.75) is 13.8 Å². The van der Waals surface area contributed by atoms with Gasteiger partial charge >= 0.3 is 0 Å².